The van der Waals surface area contributed by atoms with Crippen LogP contribution in [-0.2, 0) is 4.74 Å². The highest BCUT2D eigenvalue weighted by Gasteiger charge is 2.46. The maximum Gasteiger partial charge on any atom is 0.207 e. The van der Waals surface area contributed by atoms with E-state index in [0.717, 1.165) is 12.1 Å². The van der Waals surface area contributed by atoms with Crippen LogP contribution < -0.4 is 4.74 Å². The van der Waals surface area contributed by atoms with Crippen molar-refractivity contribution in [2.24, 2.45) is 0 Å². The van der Waals surface area contributed by atoms with Gasteiger partial charge in [-0.25, -0.2) is 0 Å². The van der Waals surface area contributed by atoms with Gasteiger partial charge in [-0.1, -0.05) is 0 Å². The summed E-state index contributed by atoms with van der Waals surface area (Å²) in [6, 6.07) is 3.68. The molecule has 126 valence electrons. The Hall–Kier alpha value is -3.06. The van der Waals surface area contributed by atoms with Crippen LogP contribution in [0.1, 0.15) is 49.7 Å². The van der Waals surface area contributed by atoms with Crippen molar-refractivity contribution in [2.45, 2.75) is 18.6 Å². The number of aromatic hydroxyl groups is 3. The second kappa shape index (κ2) is 4.52. The highest BCUT2D eigenvalue weighted by atomic mass is 16.7. The summed E-state index contributed by atoms with van der Waals surface area (Å²) in [7, 11) is 0. The Morgan fingerprint density at radius 3 is 2.36 bits per heavy atom. The fourth-order valence-electron chi connectivity index (χ4n) is 3.91. The van der Waals surface area contributed by atoms with Gasteiger partial charge >= 0.3 is 0 Å². The minimum Gasteiger partial charge on any atom is -0.507 e. The molecular formula is C18H12O7. The molecular weight excluding hydrogens is 328 g/mol. The first-order valence-electron chi connectivity index (χ1n) is 7.81. The number of carbonyl (C=O) groups excluding carboxylic acids is 2. The molecule has 0 spiro atoms. The molecule has 5 rings (SSSR count). The third-order valence-electron chi connectivity index (χ3n) is 5.04. The molecule has 0 saturated carbocycles. The van der Waals surface area contributed by atoms with E-state index in [-0.39, 0.29) is 33.9 Å². The summed E-state index contributed by atoms with van der Waals surface area (Å²) in [5, 5.41) is 30.7. The predicted molar refractivity (Wildman–Crippen MR) is 82.5 cm³/mol. The lowest BCUT2D eigenvalue weighted by Gasteiger charge is -2.21. The van der Waals surface area contributed by atoms with Crippen LogP contribution in [0.25, 0.3) is 0 Å². The monoisotopic (exact) mass is 340 g/mol. The number of phenolic OH excluding ortho intramolecular Hbond substituents is 3. The SMILES string of the molecule is O=C1c2cc3c(c(O)c2C(=O)c2c(O)ccc(O)c21)[C@@H]1CCO[C@@H]1O3. The van der Waals surface area contributed by atoms with Gasteiger partial charge in [-0.2, -0.15) is 0 Å². The van der Waals surface area contributed by atoms with E-state index in [0.29, 0.717) is 24.3 Å². The topological polar surface area (TPSA) is 113 Å². The highest BCUT2D eigenvalue weighted by molar-refractivity contribution is 6.31. The third kappa shape index (κ3) is 1.63. The molecule has 0 radical (unpaired) electrons. The standard InChI is InChI=1S/C18H12O7/c19-8-1-2-9(20)14-13(8)15(21)7-5-10-11(16(22)12(7)17(14)23)6-3-4-24-18(6)25-10/h1-2,5-6,18-20,22H,3-4H2/t6-,18+/m0/s1. The van der Waals surface area contributed by atoms with Crippen molar-refractivity contribution in [3.63, 3.8) is 0 Å². The highest BCUT2D eigenvalue weighted by Crippen LogP contribution is 2.52. The van der Waals surface area contributed by atoms with Crippen molar-refractivity contribution in [2.75, 3.05) is 6.61 Å². The van der Waals surface area contributed by atoms with Gasteiger partial charge in [-0.05, 0) is 24.6 Å². The van der Waals surface area contributed by atoms with Gasteiger partial charge < -0.3 is 24.8 Å². The van der Waals surface area contributed by atoms with E-state index in [9.17, 15) is 24.9 Å². The molecule has 0 unspecified atom stereocenters. The van der Waals surface area contributed by atoms with Crippen LogP contribution in [0.2, 0.25) is 0 Å². The molecule has 2 aromatic carbocycles. The predicted octanol–water partition coefficient (Wildman–Crippen LogP) is 1.80. The first-order valence-corrected chi connectivity index (χ1v) is 7.81. The Morgan fingerprint density at radius 1 is 0.960 bits per heavy atom. The van der Waals surface area contributed by atoms with Gasteiger partial charge in [0.25, 0.3) is 0 Å². The summed E-state index contributed by atoms with van der Waals surface area (Å²) in [5.41, 5.74) is -0.356. The van der Waals surface area contributed by atoms with Crippen LogP contribution in [0.3, 0.4) is 0 Å². The average Bonchev–Trinajstić information content (AvgIpc) is 3.14. The molecule has 2 aromatic rings. The first kappa shape index (κ1) is 14.3. The summed E-state index contributed by atoms with van der Waals surface area (Å²) in [6.07, 6.45) is 0.0912. The van der Waals surface area contributed by atoms with Crippen LogP contribution in [0, 0.1) is 0 Å². The molecule has 0 amide bonds. The first-order chi connectivity index (χ1) is 12.0. The lowest BCUT2D eigenvalue weighted by Crippen LogP contribution is -2.22. The van der Waals surface area contributed by atoms with E-state index in [4.69, 9.17) is 9.47 Å². The molecule has 2 atom stereocenters. The van der Waals surface area contributed by atoms with Crippen molar-refractivity contribution in [3.8, 4) is 23.0 Å². The number of ether oxygens (including phenoxy) is 2. The summed E-state index contributed by atoms with van der Waals surface area (Å²) in [6.45, 7) is 0.482. The number of phenols is 3. The van der Waals surface area contributed by atoms with Crippen LogP contribution in [-0.4, -0.2) is 39.8 Å². The fraction of sp³-hybridized carbons (Fsp3) is 0.222. The zero-order valence-corrected chi connectivity index (χ0v) is 12.8. The van der Waals surface area contributed by atoms with Crippen molar-refractivity contribution in [1.29, 1.82) is 0 Å². The Labute approximate surface area is 141 Å². The van der Waals surface area contributed by atoms with Crippen molar-refractivity contribution in [1.82, 2.24) is 0 Å². The molecule has 25 heavy (non-hydrogen) atoms. The molecule has 7 nitrogen and oxygen atoms in total. The Kier molecular flexibility index (Phi) is 2.58. The largest absolute Gasteiger partial charge is 0.507 e. The molecule has 7 heteroatoms. The molecule has 2 aliphatic heterocycles. The average molecular weight is 340 g/mol. The second-order valence-corrected chi connectivity index (χ2v) is 6.32. The quantitative estimate of drug-likeness (QED) is 0.535. The molecule has 1 fully saturated rings. The van der Waals surface area contributed by atoms with Gasteiger partial charge in [-0.3, -0.25) is 9.59 Å². The normalized spacial score (nSPS) is 22.9. The van der Waals surface area contributed by atoms with Crippen molar-refractivity contribution in [3.05, 3.63) is 46.0 Å². The minimum absolute atomic E-state index is 0.0605. The van der Waals surface area contributed by atoms with Crippen LogP contribution >= 0.6 is 0 Å². The summed E-state index contributed by atoms with van der Waals surface area (Å²) >= 11 is 0. The summed E-state index contributed by atoms with van der Waals surface area (Å²) in [4.78, 5) is 25.7. The molecule has 0 bridgehead atoms. The van der Waals surface area contributed by atoms with Crippen molar-refractivity contribution < 1.29 is 34.4 Å². The Morgan fingerprint density at radius 2 is 1.64 bits per heavy atom. The van der Waals surface area contributed by atoms with Gasteiger partial charge in [0.1, 0.15) is 23.0 Å². The van der Waals surface area contributed by atoms with E-state index in [1.807, 2.05) is 0 Å². The summed E-state index contributed by atoms with van der Waals surface area (Å²) in [5.74, 6) is -2.42. The van der Waals surface area contributed by atoms with E-state index < -0.39 is 29.4 Å². The third-order valence-corrected chi connectivity index (χ3v) is 5.04. The molecule has 1 aliphatic carbocycles. The lowest BCUT2D eigenvalue weighted by atomic mass is 9.80. The molecule has 2 heterocycles. The van der Waals surface area contributed by atoms with Gasteiger partial charge in [0, 0.05) is 11.1 Å². The molecule has 3 N–H and O–H groups in total. The molecule has 3 aliphatic rings. The van der Waals surface area contributed by atoms with Gasteiger partial charge in [0.05, 0.1) is 29.2 Å². The Bertz CT molecular complexity index is 992. The second-order valence-electron chi connectivity index (χ2n) is 6.32. The van der Waals surface area contributed by atoms with Gasteiger partial charge in [0.15, 0.2) is 5.78 Å². The maximum absolute atomic E-state index is 12.9. The van der Waals surface area contributed by atoms with Crippen LogP contribution in [0.4, 0.5) is 0 Å². The Balaban J connectivity index is 1.80. The zero-order chi connectivity index (χ0) is 17.5. The molecule has 0 aromatic heterocycles. The number of hydrogen-bond donors (Lipinski definition) is 3. The smallest absolute Gasteiger partial charge is 0.207 e. The van der Waals surface area contributed by atoms with E-state index in [1.54, 1.807) is 0 Å². The number of hydrogen-bond acceptors (Lipinski definition) is 7. The molecule has 1 saturated heterocycles. The van der Waals surface area contributed by atoms with E-state index in [1.165, 1.54) is 6.07 Å². The van der Waals surface area contributed by atoms with E-state index in [2.05, 4.69) is 0 Å². The number of ketones is 2. The number of rotatable bonds is 0. The van der Waals surface area contributed by atoms with Crippen molar-refractivity contribution >= 4 is 11.6 Å². The van der Waals surface area contributed by atoms with Gasteiger partial charge in [0.2, 0.25) is 12.1 Å². The van der Waals surface area contributed by atoms with Crippen LogP contribution in [0.5, 0.6) is 23.0 Å². The van der Waals surface area contributed by atoms with E-state index >= 15 is 0 Å². The summed E-state index contributed by atoms with van der Waals surface area (Å²) < 4.78 is 11.1. The van der Waals surface area contributed by atoms with Crippen LogP contribution in [0.15, 0.2) is 18.2 Å². The lowest BCUT2D eigenvalue weighted by molar-refractivity contribution is -0.0337. The van der Waals surface area contributed by atoms with Gasteiger partial charge in [-0.15, -0.1) is 0 Å². The maximum atomic E-state index is 12.9. The number of fused-ring (bicyclic) bond motifs is 5. The zero-order valence-electron chi connectivity index (χ0n) is 12.8. The fourth-order valence-corrected chi connectivity index (χ4v) is 3.91. The minimum atomic E-state index is -0.708. The number of benzene rings is 2. The number of carbonyl (C=O) groups is 2.